The molecule has 1 aromatic heterocycles. The van der Waals surface area contributed by atoms with Gasteiger partial charge in [-0.2, -0.15) is 0 Å². The number of carbonyl (C=O) groups excluding carboxylic acids is 2. The van der Waals surface area contributed by atoms with Crippen LogP contribution in [0.15, 0.2) is 35.4 Å². The molecule has 0 aliphatic carbocycles. The molecule has 0 spiro atoms. The van der Waals surface area contributed by atoms with Gasteiger partial charge in [-0.15, -0.1) is 0 Å². The van der Waals surface area contributed by atoms with Gasteiger partial charge in [0.1, 0.15) is 6.04 Å². The van der Waals surface area contributed by atoms with Crippen molar-refractivity contribution in [3.8, 4) is 0 Å². The van der Waals surface area contributed by atoms with E-state index in [9.17, 15) is 14.4 Å². The summed E-state index contributed by atoms with van der Waals surface area (Å²) >= 11 is 0. The molecular formula is C18H22N4O4. The number of aromatic nitrogens is 2. The monoisotopic (exact) mass is 358 g/mol. The number of aryl methyl sites for hydroxylation is 1. The lowest BCUT2D eigenvalue weighted by Gasteiger charge is -2.29. The van der Waals surface area contributed by atoms with Gasteiger partial charge in [0.15, 0.2) is 0 Å². The molecule has 1 unspecified atom stereocenters. The molecule has 2 aromatic rings. The second-order valence-electron chi connectivity index (χ2n) is 6.24. The van der Waals surface area contributed by atoms with Crippen LogP contribution in [0.2, 0.25) is 0 Å². The molecule has 1 fully saturated rings. The standard InChI is InChI=1S/C18H22N4O4/c1-13(17(24)21-8-10-26-11-9-21)20-16(23)6-7-22-12-19-15-5-3-2-4-14(15)18(22)25/h2-5,12-13H,6-11H2,1H3,(H,20,23). The lowest BCUT2D eigenvalue weighted by Crippen LogP contribution is -2.50. The predicted octanol–water partition coefficient (Wildman–Crippen LogP) is 0.150. The summed E-state index contributed by atoms with van der Waals surface area (Å²) in [6.45, 7) is 3.99. The van der Waals surface area contributed by atoms with Gasteiger partial charge in [0, 0.05) is 26.1 Å². The molecule has 8 heteroatoms. The van der Waals surface area contributed by atoms with Gasteiger partial charge in [-0.05, 0) is 19.1 Å². The van der Waals surface area contributed by atoms with Crippen LogP contribution >= 0.6 is 0 Å². The smallest absolute Gasteiger partial charge is 0.261 e. The number of hydrogen-bond acceptors (Lipinski definition) is 5. The molecule has 1 atom stereocenters. The first-order valence-electron chi connectivity index (χ1n) is 8.66. The van der Waals surface area contributed by atoms with Crippen molar-refractivity contribution in [2.24, 2.45) is 0 Å². The van der Waals surface area contributed by atoms with Gasteiger partial charge in [-0.25, -0.2) is 4.98 Å². The van der Waals surface area contributed by atoms with Gasteiger partial charge in [0.25, 0.3) is 5.56 Å². The van der Waals surface area contributed by atoms with Crippen molar-refractivity contribution >= 4 is 22.7 Å². The third-order valence-corrected chi connectivity index (χ3v) is 4.38. The zero-order valence-corrected chi connectivity index (χ0v) is 14.7. The van der Waals surface area contributed by atoms with Crippen LogP contribution in [0.3, 0.4) is 0 Å². The summed E-state index contributed by atoms with van der Waals surface area (Å²) in [5.41, 5.74) is 0.448. The Kier molecular flexibility index (Phi) is 5.62. The SMILES string of the molecule is CC(NC(=O)CCn1cnc2ccccc2c1=O)C(=O)N1CCOCC1. The van der Waals surface area contributed by atoms with E-state index in [0.717, 1.165) is 0 Å². The highest BCUT2D eigenvalue weighted by atomic mass is 16.5. The second kappa shape index (κ2) is 8.09. The number of carbonyl (C=O) groups is 2. The first kappa shape index (κ1) is 18.1. The lowest BCUT2D eigenvalue weighted by molar-refractivity contribution is -0.139. The van der Waals surface area contributed by atoms with Crippen molar-refractivity contribution in [1.82, 2.24) is 19.8 Å². The number of nitrogens with one attached hydrogen (secondary N) is 1. The number of amides is 2. The zero-order valence-electron chi connectivity index (χ0n) is 14.7. The number of rotatable bonds is 5. The van der Waals surface area contributed by atoms with Gasteiger partial charge in [-0.1, -0.05) is 12.1 Å². The van der Waals surface area contributed by atoms with Crippen molar-refractivity contribution < 1.29 is 14.3 Å². The fourth-order valence-corrected chi connectivity index (χ4v) is 2.92. The van der Waals surface area contributed by atoms with E-state index in [-0.39, 0.29) is 30.3 Å². The molecular weight excluding hydrogens is 336 g/mol. The highest BCUT2D eigenvalue weighted by molar-refractivity contribution is 5.87. The van der Waals surface area contributed by atoms with Crippen LogP contribution in [-0.4, -0.2) is 58.6 Å². The van der Waals surface area contributed by atoms with E-state index in [1.54, 1.807) is 30.0 Å². The average molecular weight is 358 g/mol. The number of para-hydroxylation sites is 1. The number of nitrogens with zero attached hydrogens (tertiary/aromatic N) is 3. The maximum atomic E-state index is 12.4. The summed E-state index contributed by atoms with van der Waals surface area (Å²) in [4.78, 5) is 42.8. The molecule has 1 saturated heterocycles. The van der Waals surface area contributed by atoms with Crippen LogP contribution < -0.4 is 10.9 Å². The minimum atomic E-state index is -0.605. The minimum Gasteiger partial charge on any atom is -0.378 e. The predicted molar refractivity (Wildman–Crippen MR) is 95.6 cm³/mol. The first-order valence-corrected chi connectivity index (χ1v) is 8.66. The normalized spacial score (nSPS) is 15.7. The van der Waals surface area contributed by atoms with E-state index in [1.165, 1.54) is 10.9 Å². The Bertz CT molecular complexity index is 858. The molecule has 1 N–H and O–H groups in total. The van der Waals surface area contributed by atoms with Crippen LogP contribution in [0.5, 0.6) is 0 Å². The van der Waals surface area contributed by atoms with E-state index in [0.29, 0.717) is 37.2 Å². The van der Waals surface area contributed by atoms with Gasteiger partial charge < -0.3 is 15.0 Å². The molecule has 0 bridgehead atoms. The third kappa shape index (κ3) is 4.08. The minimum absolute atomic E-state index is 0.0979. The summed E-state index contributed by atoms with van der Waals surface area (Å²) in [5.74, 6) is -0.398. The van der Waals surface area contributed by atoms with E-state index in [1.807, 2.05) is 6.07 Å². The Balaban J connectivity index is 1.56. The van der Waals surface area contributed by atoms with E-state index in [4.69, 9.17) is 4.74 Å². The van der Waals surface area contributed by atoms with Gasteiger partial charge in [0.05, 0.1) is 30.4 Å². The Hall–Kier alpha value is -2.74. The molecule has 1 aliphatic heterocycles. The average Bonchev–Trinajstić information content (AvgIpc) is 2.67. The fourth-order valence-electron chi connectivity index (χ4n) is 2.92. The Morgan fingerprint density at radius 2 is 2.00 bits per heavy atom. The lowest BCUT2D eigenvalue weighted by atomic mass is 10.2. The summed E-state index contributed by atoms with van der Waals surface area (Å²) in [6.07, 6.45) is 1.54. The molecule has 26 heavy (non-hydrogen) atoms. The van der Waals surface area contributed by atoms with Crippen LogP contribution in [0.1, 0.15) is 13.3 Å². The summed E-state index contributed by atoms with van der Waals surface area (Å²) in [5, 5.41) is 3.22. The second-order valence-corrected chi connectivity index (χ2v) is 6.24. The fraction of sp³-hybridized carbons (Fsp3) is 0.444. The van der Waals surface area contributed by atoms with Gasteiger partial charge in [-0.3, -0.25) is 19.0 Å². The number of hydrogen-bond donors (Lipinski definition) is 1. The van der Waals surface area contributed by atoms with Crippen molar-refractivity contribution in [2.45, 2.75) is 25.9 Å². The highest BCUT2D eigenvalue weighted by Crippen LogP contribution is 2.05. The highest BCUT2D eigenvalue weighted by Gasteiger charge is 2.23. The van der Waals surface area contributed by atoms with E-state index in [2.05, 4.69) is 10.3 Å². The number of benzene rings is 1. The van der Waals surface area contributed by atoms with Gasteiger partial charge in [0.2, 0.25) is 11.8 Å². The first-order chi connectivity index (χ1) is 12.6. The molecule has 1 aromatic carbocycles. The molecule has 2 heterocycles. The maximum absolute atomic E-state index is 12.4. The maximum Gasteiger partial charge on any atom is 0.261 e. The summed E-state index contributed by atoms with van der Waals surface area (Å²) in [6, 6.07) is 6.48. The topological polar surface area (TPSA) is 93.5 Å². The molecule has 0 radical (unpaired) electrons. The number of ether oxygens (including phenoxy) is 1. The molecule has 2 amide bonds. The summed E-state index contributed by atoms with van der Waals surface area (Å²) in [7, 11) is 0. The molecule has 138 valence electrons. The van der Waals surface area contributed by atoms with Crippen LogP contribution in [0.4, 0.5) is 0 Å². The van der Waals surface area contributed by atoms with E-state index >= 15 is 0 Å². The third-order valence-electron chi connectivity index (χ3n) is 4.38. The van der Waals surface area contributed by atoms with Crippen LogP contribution in [-0.2, 0) is 20.9 Å². The van der Waals surface area contributed by atoms with Crippen molar-refractivity contribution in [2.75, 3.05) is 26.3 Å². The quantitative estimate of drug-likeness (QED) is 0.821. The molecule has 8 nitrogen and oxygen atoms in total. The van der Waals surface area contributed by atoms with E-state index < -0.39 is 6.04 Å². The Labute approximate surface area is 150 Å². The number of fused-ring (bicyclic) bond motifs is 1. The molecule has 1 aliphatic rings. The van der Waals surface area contributed by atoms with Crippen molar-refractivity contribution in [3.05, 3.63) is 40.9 Å². The molecule has 0 saturated carbocycles. The van der Waals surface area contributed by atoms with Crippen molar-refractivity contribution in [1.29, 1.82) is 0 Å². The largest absolute Gasteiger partial charge is 0.378 e. The zero-order chi connectivity index (χ0) is 18.5. The van der Waals surface area contributed by atoms with Crippen LogP contribution in [0.25, 0.3) is 10.9 Å². The Morgan fingerprint density at radius 1 is 1.27 bits per heavy atom. The Morgan fingerprint density at radius 3 is 2.77 bits per heavy atom. The van der Waals surface area contributed by atoms with Crippen LogP contribution in [0, 0.1) is 0 Å². The summed E-state index contributed by atoms with van der Waals surface area (Å²) < 4.78 is 6.63. The number of morpholine rings is 1. The van der Waals surface area contributed by atoms with Gasteiger partial charge >= 0.3 is 0 Å². The molecule has 3 rings (SSSR count). The van der Waals surface area contributed by atoms with Crippen molar-refractivity contribution in [3.63, 3.8) is 0 Å².